The highest BCUT2D eigenvalue weighted by atomic mass is 16.6. The molecule has 2 rings (SSSR count). The number of hydrogen-bond acceptors (Lipinski definition) is 4. The van der Waals surface area contributed by atoms with Gasteiger partial charge in [-0.15, -0.1) is 0 Å². The van der Waals surface area contributed by atoms with Crippen LogP contribution in [0.25, 0.3) is 0 Å². The number of rotatable bonds is 3. The first-order valence-corrected chi connectivity index (χ1v) is 5.68. The Labute approximate surface area is 99.0 Å². The van der Waals surface area contributed by atoms with Crippen LogP contribution in [0.1, 0.15) is 23.2 Å². The molecule has 1 aromatic rings. The van der Waals surface area contributed by atoms with Crippen LogP contribution in [0.15, 0.2) is 24.3 Å². The molecule has 0 amide bonds. The number of carbonyl (C=O) groups excluding carboxylic acids is 1. The lowest BCUT2D eigenvalue weighted by Crippen LogP contribution is -2.32. The fourth-order valence-electron chi connectivity index (χ4n) is 2.15. The smallest absolute Gasteiger partial charge is 0.280 e. The highest BCUT2D eigenvalue weighted by molar-refractivity contribution is 6.01. The van der Waals surface area contributed by atoms with Gasteiger partial charge in [-0.3, -0.25) is 14.9 Å². The van der Waals surface area contributed by atoms with E-state index in [-0.39, 0.29) is 23.0 Å². The molecule has 0 spiro atoms. The summed E-state index contributed by atoms with van der Waals surface area (Å²) in [6, 6.07) is 6.18. The summed E-state index contributed by atoms with van der Waals surface area (Å²) in [5.74, 6) is -0.184. The molecule has 0 atom stereocenters. The van der Waals surface area contributed by atoms with Crippen molar-refractivity contribution in [1.82, 2.24) is 5.32 Å². The minimum atomic E-state index is -0.492. The molecule has 90 valence electrons. The monoisotopic (exact) mass is 234 g/mol. The van der Waals surface area contributed by atoms with Gasteiger partial charge in [-0.1, -0.05) is 12.1 Å². The van der Waals surface area contributed by atoms with Gasteiger partial charge in [-0.25, -0.2) is 0 Å². The third kappa shape index (κ3) is 2.50. The number of Topliss-reactive ketones (excluding diaryl/α,β-unsaturated/α-hetero) is 1. The lowest BCUT2D eigenvalue weighted by Gasteiger charge is -2.21. The molecule has 1 aliphatic heterocycles. The van der Waals surface area contributed by atoms with Gasteiger partial charge >= 0.3 is 0 Å². The second-order valence-electron chi connectivity index (χ2n) is 4.16. The van der Waals surface area contributed by atoms with E-state index in [1.165, 1.54) is 6.07 Å². The molecule has 1 heterocycles. The third-order valence-corrected chi connectivity index (χ3v) is 3.08. The molecule has 0 bridgehead atoms. The van der Waals surface area contributed by atoms with Gasteiger partial charge in [-0.05, 0) is 32.0 Å². The van der Waals surface area contributed by atoms with Crippen molar-refractivity contribution < 1.29 is 9.72 Å². The standard InChI is InChI=1S/C12H14N2O3/c15-12(9-5-7-13-8-6-9)10-3-1-2-4-11(10)14(16)17/h1-4,9,13H,5-8H2. The Morgan fingerprint density at radius 1 is 1.29 bits per heavy atom. The quantitative estimate of drug-likeness (QED) is 0.491. The number of benzene rings is 1. The second kappa shape index (κ2) is 5.05. The lowest BCUT2D eigenvalue weighted by atomic mass is 9.89. The summed E-state index contributed by atoms with van der Waals surface area (Å²) in [5.41, 5.74) is 0.153. The summed E-state index contributed by atoms with van der Waals surface area (Å²) in [5, 5.41) is 14.0. The Morgan fingerprint density at radius 2 is 1.94 bits per heavy atom. The van der Waals surface area contributed by atoms with Gasteiger partial charge in [0.2, 0.25) is 0 Å². The first kappa shape index (κ1) is 11.7. The Kier molecular flexibility index (Phi) is 3.49. The van der Waals surface area contributed by atoms with Crippen LogP contribution >= 0.6 is 0 Å². The van der Waals surface area contributed by atoms with Crippen molar-refractivity contribution in [2.75, 3.05) is 13.1 Å². The minimum absolute atomic E-state index is 0.0858. The fourth-order valence-corrected chi connectivity index (χ4v) is 2.15. The van der Waals surface area contributed by atoms with Gasteiger partial charge in [0.1, 0.15) is 0 Å². The zero-order valence-electron chi connectivity index (χ0n) is 9.39. The Bertz CT molecular complexity index is 439. The van der Waals surface area contributed by atoms with Crippen LogP contribution in [0.4, 0.5) is 5.69 Å². The summed E-state index contributed by atoms with van der Waals surface area (Å²) in [7, 11) is 0. The number of para-hydroxylation sites is 1. The lowest BCUT2D eigenvalue weighted by molar-refractivity contribution is -0.385. The van der Waals surface area contributed by atoms with Crippen LogP contribution in [0.3, 0.4) is 0 Å². The van der Waals surface area contributed by atoms with E-state index in [2.05, 4.69) is 5.32 Å². The number of nitrogens with one attached hydrogen (secondary N) is 1. The molecule has 0 unspecified atom stereocenters. The average molecular weight is 234 g/mol. The predicted octanol–water partition coefficient (Wildman–Crippen LogP) is 1.78. The molecule has 17 heavy (non-hydrogen) atoms. The van der Waals surface area contributed by atoms with Crippen LogP contribution in [-0.2, 0) is 0 Å². The number of nitro groups is 1. The van der Waals surface area contributed by atoms with Crippen molar-refractivity contribution >= 4 is 11.5 Å². The van der Waals surface area contributed by atoms with Gasteiger partial charge in [-0.2, -0.15) is 0 Å². The number of nitrogens with zero attached hydrogens (tertiary/aromatic N) is 1. The van der Waals surface area contributed by atoms with Crippen LogP contribution in [0.5, 0.6) is 0 Å². The van der Waals surface area contributed by atoms with E-state index >= 15 is 0 Å². The normalized spacial score (nSPS) is 16.7. The molecule has 5 heteroatoms. The molecule has 1 fully saturated rings. The molecule has 5 nitrogen and oxygen atoms in total. The highest BCUT2D eigenvalue weighted by Gasteiger charge is 2.27. The van der Waals surface area contributed by atoms with Gasteiger partial charge in [0.15, 0.2) is 5.78 Å². The van der Waals surface area contributed by atoms with Crippen LogP contribution < -0.4 is 5.32 Å². The summed E-state index contributed by atoms with van der Waals surface area (Å²) >= 11 is 0. The van der Waals surface area contributed by atoms with Crippen LogP contribution in [-0.4, -0.2) is 23.8 Å². The molecule has 1 aromatic carbocycles. The van der Waals surface area contributed by atoms with Crippen LogP contribution in [0, 0.1) is 16.0 Å². The van der Waals surface area contributed by atoms with E-state index in [1.807, 2.05) is 0 Å². The third-order valence-electron chi connectivity index (χ3n) is 3.08. The molecule has 0 aliphatic carbocycles. The van der Waals surface area contributed by atoms with Gasteiger partial charge < -0.3 is 5.32 Å². The SMILES string of the molecule is O=C(c1ccccc1[N+](=O)[O-])C1CCNCC1. The first-order valence-electron chi connectivity index (χ1n) is 5.68. The molecular weight excluding hydrogens is 220 g/mol. The Hall–Kier alpha value is -1.75. The highest BCUT2D eigenvalue weighted by Crippen LogP contribution is 2.24. The maximum atomic E-state index is 12.2. The van der Waals surface area contributed by atoms with Crippen molar-refractivity contribution in [2.45, 2.75) is 12.8 Å². The van der Waals surface area contributed by atoms with Crippen molar-refractivity contribution in [3.8, 4) is 0 Å². The first-order chi connectivity index (χ1) is 8.20. The van der Waals surface area contributed by atoms with E-state index in [1.54, 1.807) is 18.2 Å². The number of piperidine rings is 1. The number of hydrogen-bond donors (Lipinski definition) is 1. The predicted molar refractivity (Wildman–Crippen MR) is 63.0 cm³/mol. The zero-order chi connectivity index (χ0) is 12.3. The molecule has 1 aliphatic rings. The minimum Gasteiger partial charge on any atom is -0.317 e. The molecule has 0 saturated carbocycles. The summed E-state index contributed by atoms with van der Waals surface area (Å²) in [4.78, 5) is 22.6. The Morgan fingerprint density at radius 3 is 2.59 bits per heavy atom. The molecule has 1 saturated heterocycles. The van der Waals surface area contributed by atoms with Crippen molar-refractivity contribution in [1.29, 1.82) is 0 Å². The summed E-state index contributed by atoms with van der Waals surface area (Å²) < 4.78 is 0. The van der Waals surface area contributed by atoms with Gasteiger partial charge in [0.05, 0.1) is 10.5 Å². The van der Waals surface area contributed by atoms with Gasteiger partial charge in [0.25, 0.3) is 5.69 Å². The van der Waals surface area contributed by atoms with E-state index in [0.29, 0.717) is 0 Å². The maximum Gasteiger partial charge on any atom is 0.280 e. The molecule has 0 aromatic heterocycles. The second-order valence-corrected chi connectivity index (χ2v) is 4.16. The van der Waals surface area contributed by atoms with E-state index in [0.717, 1.165) is 25.9 Å². The maximum absolute atomic E-state index is 12.2. The molecule has 0 radical (unpaired) electrons. The van der Waals surface area contributed by atoms with Gasteiger partial charge in [0, 0.05) is 12.0 Å². The summed E-state index contributed by atoms with van der Waals surface area (Å²) in [6.07, 6.45) is 1.51. The van der Waals surface area contributed by atoms with E-state index in [9.17, 15) is 14.9 Å². The number of nitro benzene ring substituents is 1. The zero-order valence-corrected chi connectivity index (χ0v) is 9.39. The molecular formula is C12H14N2O3. The van der Waals surface area contributed by atoms with E-state index in [4.69, 9.17) is 0 Å². The summed E-state index contributed by atoms with van der Waals surface area (Å²) in [6.45, 7) is 1.61. The number of ketones is 1. The van der Waals surface area contributed by atoms with Crippen LogP contribution in [0.2, 0.25) is 0 Å². The largest absolute Gasteiger partial charge is 0.317 e. The number of carbonyl (C=O) groups is 1. The average Bonchev–Trinajstić information content (AvgIpc) is 2.39. The topological polar surface area (TPSA) is 72.2 Å². The van der Waals surface area contributed by atoms with Crippen molar-refractivity contribution in [2.24, 2.45) is 5.92 Å². The van der Waals surface area contributed by atoms with Crippen molar-refractivity contribution in [3.63, 3.8) is 0 Å². The fraction of sp³-hybridized carbons (Fsp3) is 0.417. The Balaban J connectivity index is 2.26. The van der Waals surface area contributed by atoms with Crippen molar-refractivity contribution in [3.05, 3.63) is 39.9 Å². The molecule has 1 N–H and O–H groups in total. The van der Waals surface area contributed by atoms with E-state index < -0.39 is 4.92 Å².